The number of methoxy groups -OCH3 is 1. The van der Waals surface area contributed by atoms with Crippen LogP contribution >= 0.6 is 54.5 Å². The third-order valence-electron chi connectivity index (χ3n) is 3.08. The number of halogens is 3. The number of ether oxygens (including phenoxy) is 1. The molecule has 2 nitrogen and oxygen atoms in total. The summed E-state index contributed by atoms with van der Waals surface area (Å²) >= 11 is 9.60. The summed E-state index contributed by atoms with van der Waals surface area (Å²) in [6.45, 7) is 0. The van der Waals surface area contributed by atoms with Crippen LogP contribution in [0.2, 0.25) is 0 Å². The normalized spacial score (nSPS) is 12.2. The fourth-order valence-corrected chi connectivity index (χ4v) is 3.66. The van der Waals surface area contributed by atoms with E-state index < -0.39 is 0 Å². The van der Waals surface area contributed by atoms with Gasteiger partial charge < -0.3 is 10.1 Å². The van der Waals surface area contributed by atoms with Crippen molar-refractivity contribution in [1.29, 1.82) is 0 Å². The van der Waals surface area contributed by atoms with Crippen LogP contribution in [0.25, 0.3) is 0 Å². The Morgan fingerprint density at radius 1 is 1.05 bits per heavy atom. The summed E-state index contributed by atoms with van der Waals surface area (Å²) in [5, 5.41) is 3.38. The number of nitrogens with one attached hydrogen (secondary N) is 1. The molecule has 0 radical (unpaired) electrons. The highest BCUT2D eigenvalue weighted by molar-refractivity contribution is 14.1. The zero-order valence-electron chi connectivity index (χ0n) is 11.1. The molecule has 1 unspecified atom stereocenters. The van der Waals surface area contributed by atoms with E-state index in [0.717, 1.165) is 14.7 Å². The van der Waals surface area contributed by atoms with Crippen LogP contribution in [0.1, 0.15) is 17.2 Å². The Labute approximate surface area is 149 Å². The van der Waals surface area contributed by atoms with Gasteiger partial charge in [-0.3, -0.25) is 0 Å². The smallest absolute Gasteiger partial charge is 0.120 e. The maximum absolute atomic E-state index is 5.25. The molecule has 0 aliphatic carbocycles. The van der Waals surface area contributed by atoms with Crippen LogP contribution in [0.4, 0.5) is 0 Å². The molecule has 0 amide bonds. The van der Waals surface area contributed by atoms with Crippen LogP contribution in [0.3, 0.4) is 0 Å². The Morgan fingerprint density at radius 3 is 2.40 bits per heavy atom. The van der Waals surface area contributed by atoms with Crippen molar-refractivity contribution in [3.63, 3.8) is 0 Å². The molecule has 106 valence electrons. The summed E-state index contributed by atoms with van der Waals surface area (Å²) < 4.78 is 8.59. The van der Waals surface area contributed by atoms with E-state index in [1.165, 1.54) is 14.7 Å². The molecule has 0 heterocycles. The van der Waals surface area contributed by atoms with Gasteiger partial charge in [-0.25, -0.2) is 0 Å². The SMILES string of the molecule is CNC(c1ccc(OC)cc1Br)c1cc(I)ccc1Br. The summed E-state index contributed by atoms with van der Waals surface area (Å²) in [5.41, 5.74) is 2.39. The second-order valence-electron chi connectivity index (χ2n) is 4.27. The van der Waals surface area contributed by atoms with E-state index in [4.69, 9.17) is 4.74 Å². The van der Waals surface area contributed by atoms with E-state index in [9.17, 15) is 0 Å². The van der Waals surface area contributed by atoms with Crippen LogP contribution in [-0.4, -0.2) is 14.2 Å². The highest BCUT2D eigenvalue weighted by atomic mass is 127. The zero-order valence-corrected chi connectivity index (χ0v) is 16.4. The molecule has 0 bridgehead atoms. The standard InChI is InChI=1S/C15H14Br2INO/c1-19-15(12-7-9(18)3-6-13(12)16)11-5-4-10(20-2)8-14(11)17/h3-8,15,19H,1-2H3. The minimum atomic E-state index is 0.111. The average Bonchev–Trinajstić information content (AvgIpc) is 2.44. The lowest BCUT2D eigenvalue weighted by Gasteiger charge is -2.21. The van der Waals surface area contributed by atoms with Gasteiger partial charge in [-0.05, 0) is 71.1 Å². The summed E-state index contributed by atoms with van der Waals surface area (Å²) in [6, 6.07) is 12.5. The number of hydrogen-bond acceptors (Lipinski definition) is 2. The van der Waals surface area contributed by atoms with Gasteiger partial charge in [-0.15, -0.1) is 0 Å². The summed E-state index contributed by atoms with van der Waals surface area (Å²) in [6.07, 6.45) is 0. The van der Waals surface area contributed by atoms with Crippen molar-refractivity contribution >= 4 is 54.5 Å². The highest BCUT2D eigenvalue weighted by Gasteiger charge is 2.18. The molecule has 1 N–H and O–H groups in total. The molecule has 0 aromatic heterocycles. The van der Waals surface area contributed by atoms with Crippen LogP contribution in [0, 0.1) is 3.57 Å². The van der Waals surface area contributed by atoms with Crippen molar-refractivity contribution in [1.82, 2.24) is 5.32 Å². The quantitative estimate of drug-likeness (QED) is 0.576. The molecular formula is C15H14Br2INO. The van der Waals surface area contributed by atoms with Crippen LogP contribution in [-0.2, 0) is 0 Å². The van der Waals surface area contributed by atoms with Gasteiger partial charge in [0, 0.05) is 12.5 Å². The summed E-state index contributed by atoms with van der Waals surface area (Å²) in [5.74, 6) is 0.845. The molecule has 0 fully saturated rings. The Morgan fingerprint density at radius 2 is 1.80 bits per heavy atom. The minimum Gasteiger partial charge on any atom is -0.497 e. The van der Waals surface area contributed by atoms with Crippen LogP contribution in [0.15, 0.2) is 45.3 Å². The molecule has 0 saturated heterocycles. The zero-order chi connectivity index (χ0) is 14.7. The fraction of sp³-hybridized carbons (Fsp3) is 0.200. The summed E-state index contributed by atoms with van der Waals surface area (Å²) in [7, 11) is 3.64. The maximum atomic E-state index is 5.25. The van der Waals surface area contributed by atoms with Crippen molar-refractivity contribution in [2.24, 2.45) is 0 Å². The average molecular weight is 511 g/mol. The van der Waals surface area contributed by atoms with E-state index in [2.05, 4.69) is 84.0 Å². The van der Waals surface area contributed by atoms with Gasteiger partial charge in [-0.1, -0.05) is 37.9 Å². The topological polar surface area (TPSA) is 21.3 Å². The predicted molar refractivity (Wildman–Crippen MR) is 98.5 cm³/mol. The fourth-order valence-electron chi connectivity index (χ4n) is 2.08. The van der Waals surface area contributed by atoms with Crippen molar-refractivity contribution in [3.05, 3.63) is 60.0 Å². The van der Waals surface area contributed by atoms with Gasteiger partial charge in [0.05, 0.1) is 13.2 Å². The Bertz CT molecular complexity index is 619. The van der Waals surface area contributed by atoms with Gasteiger partial charge in [-0.2, -0.15) is 0 Å². The number of benzene rings is 2. The van der Waals surface area contributed by atoms with Crippen molar-refractivity contribution in [2.75, 3.05) is 14.2 Å². The molecule has 1 atom stereocenters. The van der Waals surface area contributed by atoms with E-state index >= 15 is 0 Å². The van der Waals surface area contributed by atoms with Crippen LogP contribution < -0.4 is 10.1 Å². The van der Waals surface area contributed by atoms with Gasteiger partial charge in [0.15, 0.2) is 0 Å². The third kappa shape index (κ3) is 3.55. The second kappa shape index (κ2) is 7.24. The third-order valence-corrected chi connectivity index (χ3v) is 5.16. The molecule has 2 aromatic carbocycles. The van der Waals surface area contributed by atoms with E-state index in [-0.39, 0.29) is 6.04 Å². The van der Waals surface area contributed by atoms with E-state index in [0.29, 0.717) is 0 Å². The molecule has 5 heteroatoms. The first-order valence-corrected chi connectivity index (χ1v) is 8.69. The van der Waals surface area contributed by atoms with Crippen molar-refractivity contribution in [2.45, 2.75) is 6.04 Å². The first-order valence-electron chi connectivity index (χ1n) is 6.02. The highest BCUT2D eigenvalue weighted by Crippen LogP contribution is 2.35. The van der Waals surface area contributed by atoms with Gasteiger partial charge in [0.2, 0.25) is 0 Å². The van der Waals surface area contributed by atoms with Gasteiger partial charge in [0.1, 0.15) is 5.75 Å². The number of rotatable bonds is 4. The van der Waals surface area contributed by atoms with Crippen molar-refractivity contribution < 1.29 is 4.74 Å². The predicted octanol–water partition coefficient (Wildman–Crippen LogP) is 5.13. The first kappa shape index (κ1) is 16.3. The molecular weight excluding hydrogens is 497 g/mol. The molecule has 0 aliphatic heterocycles. The Hall–Kier alpha value is -0.110. The largest absolute Gasteiger partial charge is 0.497 e. The monoisotopic (exact) mass is 509 g/mol. The number of hydrogen-bond donors (Lipinski definition) is 1. The van der Waals surface area contributed by atoms with Gasteiger partial charge >= 0.3 is 0 Å². The van der Waals surface area contributed by atoms with Crippen molar-refractivity contribution in [3.8, 4) is 5.75 Å². The molecule has 2 aromatic rings. The Balaban J connectivity index is 2.49. The van der Waals surface area contributed by atoms with Gasteiger partial charge in [0.25, 0.3) is 0 Å². The molecule has 0 aliphatic rings. The lowest BCUT2D eigenvalue weighted by atomic mass is 9.99. The van der Waals surface area contributed by atoms with Crippen LogP contribution in [0.5, 0.6) is 5.75 Å². The molecule has 0 spiro atoms. The minimum absolute atomic E-state index is 0.111. The molecule has 2 rings (SSSR count). The molecule has 0 saturated carbocycles. The Kier molecular flexibility index (Phi) is 5.89. The second-order valence-corrected chi connectivity index (χ2v) is 7.23. The van der Waals surface area contributed by atoms with E-state index in [1.54, 1.807) is 7.11 Å². The lowest BCUT2D eigenvalue weighted by Crippen LogP contribution is -2.18. The maximum Gasteiger partial charge on any atom is 0.120 e. The summed E-state index contributed by atoms with van der Waals surface area (Å²) in [4.78, 5) is 0. The lowest BCUT2D eigenvalue weighted by molar-refractivity contribution is 0.414. The first-order chi connectivity index (χ1) is 9.56. The van der Waals surface area contributed by atoms with E-state index in [1.807, 2.05) is 19.2 Å². The molecule has 20 heavy (non-hydrogen) atoms.